The Morgan fingerprint density at radius 1 is 1.04 bits per heavy atom. The lowest BCUT2D eigenvalue weighted by atomic mass is 10.1. The molecule has 2 aromatic carbocycles. The number of para-hydroxylation sites is 2. The summed E-state index contributed by atoms with van der Waals surface area (Å²) in [5, 5.41) is 14.0. The first-order valence-corrected chi connectivity index (χ1v) is 8.67. The summed E-state index contributed by atoms with van der Waals surface area (Å²) in [6.45, 7) is 0.387. The average Bonchev–Trinajstić information content (AvgIpc) is 3.28. The highest BCUT2D eigenvalue weighted by Gasteiger charge is 2.16. The number of hydrogen-bond acceptors (Lipinski definition) is 6. The van der Waals surface area contributed by atoms with Crippen molar-refractivity contribution in [2.24, 2.45) is 0 Å². The van der Waals surface area contributed by atoms with Crippen LogP contribution < -0.4 is 15.2 Å². The molecule has 0 aliphatic heterocycles. The maximum atomic E-state index is 12.2. The van der Waals surface area contributed by atoms with E-state index in [0.29, 0.717) is 17.9 Å². The first kappa shape index (κ1) is 17.5. The molecule has 0 saturated heterocycles. The van der Waals surface area contributed by atoms with E-state index in [2.05, 4.69) is 25.6 Å². The Morgan fingerprint density at radius 3 is 2.57 bits per heavy atom. The van der Waals surface area contributed by atoms with E-state index >= 15 is 0 Å². The first-order chi connectivity index (χ1) is 13.8. The van der Waals surface area contributed by atoms with E-state index in [0.717, 1.165) is 22.7 Å². The number of hydrogen-bond donors (Lipinski definition) is 2. The van der Waals surface area contributed by atoms with Gasteiger partial charge in [0, 0.05) is 23.0 Å². The quantitative estimate of drug-likeness (QED) is 0.538. The van der Waals surface area contributed by atoms with Crippen molar-refractivity contribution in [3.8, 4) is 17.1 Å². The molecule has 0 aliphatic carbocycles. The SMILES string of the molecule is COc1ccccc1N(Cc1ccc[nH]c1=O)c1ccc(-c2nn[nH]n2)cc1. The number of tetrazole rings is 1. The van der Waals surface area contributed by atoms with Gasteiger partial charge in [0.05, 0.1) is 19.3 Å². The van der Waals surface area contributed by atoms with Crippen LogP contribution in [0.5, 0.6) is 5.75 Å². The minimum atomic E-state index is -0.120. The van der Waals surface area contributed by atoms with Crippen LogP contribution in [-0.2, 0) is 6.54 Å². The number of methoxy groups -OCH3 is 1. The molecule has 0 amide bonds. The monoisotopic (exact) mass is 374 g/mol. The number of anilines is 2. The highest BCUT2D eigenvalue weighted by Crippen LogP contribution is 2.35. The molecule has 28 heavy (non-hydrogen) atoms. The largest absolute Gasteiger partial charge is 0.495 e. The number of aromatic nitrogens is 5. The summed E-state index contributed by atoms with van der Waals surface area (Å²) >= 11 is 0. The molecule has 2 aromatic heterocycles. The number of benzene rings is 2. The lowest BCUT2D eigenvalue weighted by Gasteiger charge is -2.26. The van der Waals surface area contributed by atoms with Gasteiger partial charge in [-0.3, -0.25) is 4.79 Å². The minimum absolute atomic E-state index is 0.120. The molecule has 0 aliphatic rings. The van der Waals surface area contributed by atoms with Crippen LogP contribution in [0.4, 0.5) is 11.4 Å². The van der Waals surface area contributed by atoms with Crippen LogP contribution in [-0.4, -0.2) is 32.7 Å². The smallest absolute Gasteiger partial charge is 0.252 e. The summed E-state index contributed by atoms with van der Waals surface area (Å²) in [6.07, 6.45) is 1.62. The maximum Gasteiger partial charge on any atom is 0.252 e. The topological polar surface area (TPSA) is 99.8 Å². The van der Waals surface area contributed by atoms with Gasteiger partial charge in [0.25, 0.3) is 5.56 Å². The van der Waals surface area contributed by atoms with Crippen LogP contribution in [0.15, 0.2) is 71.7 Å². The fourth-order valence-electron chi connectivity index (χ4n) is 2.99. The van der Waals surface area contributed by atoms with Crippen molar-refractivity contribution < 1.29 is 4.74 Å². The number of aromatic amines is 2. The molecule has 140 valence electrons. The lowest BCUT2D eigenvalue weighted by Crippen LogP contribution is -2.23. The summed E-state index contributed by atoms with van der Waals surface area (Å²) in [4.78, 5) is 17.0. The van der Waals surface area contributed by atoms with E-state index < -0.39 is 0 Å². The van der Waals surface area contributed by atoms with Crippen molar-refractivity contribution in [3.63, 3.8) is 0 Å². The molecule has 0 spiro atoms. The fourth-order valence-corrected chi connectivity index (χ4v) is 2.99. The zero-order valence-corrected chi connectivity index (χ0v) is 15.2. The van der Waals surface area contributed by atoms with E-state index in [1.54, 1.807) is 13.3 Å². The molecule has 0 fully saturated rings. The van der Waals surface area contributed by atoms with Crippen molar-refractivity contribution in [1.82, 2.24) is 25.6 Å². The minimum Gasteiger partial charge on any atom is -0.495 e. The summed E-state index contributed by atoms with van der Waals surface area (Å²) in [6, 6.07) is 19.1. The zero-order valence-electron chi connectivity index (χ0n) is 15.2. The van der Waals surface area contributed by atoms with Gasteiger partial charge >= 0.3 is 0 Å². The van der Waals surface area contributed by atoms with Gasteiger partial charge in [-0.1, -0.05) is 18.2 Å². The molecule has 0 radical (unpaired) electrons. The number of rotatable bonds is 6. The van der Waals surface area contributed by atoms with Gasteiger partial charge in [0.15, 0.2) is 0 Å². The molecule has 0 atom stereocenters. The Hall–Kier alpha value is -3.94. The molecule has 8 nitrogen and oxygen atoms in total. The molecule has 0 bridgehead atoms. The molecular weight excluding hydrogens is 356 g/mol. The van der Waals surface area contributed by atoms with Gasteiger partial charge in [-0.2, -0.15) is 5.21 Å². The van der Waals surface area contributed by atoms with Gasteiger partial charge in [0.1, 0.15) is 5.75 Å². The molecule has 0 unspecified atom stereocenters. The highest BCUT2D eigenvalue weighted by molar-refractivity contribution is 5.71. The summed E-state index contributed by atoms with van der Waals surface area (Å²) in [5.74, 6) is 1.24. The van der Waals surface area contributed by atoms with E-state index in [1.165, 1.54) is 0 Å². The standard InChI is InChI=1S/C20H18N6O2/c1-28-18-7-3-2-6-17(18)26(13-15-5-4-12-21-20(15)27)16-10-8-14(9-11-16)19-22-24-25-23-19/h2-12H,13H2,1H3,(H,21,27)(H,22,23,24,25). The fraction of sp³-hybridized carbons (Fsp3) is 0.100. The van der Waals surface area contributed by atoms with Crippen molar-refractivity contribution in [2.45, 2.75) is 6.54 Å². The molecule has 0 saturated carbocycles. The lowest BCUT2D eigenvalue weighted by molar-refractivity contribution is 0.415. The number of H-pyrrole nitrogens is 2. The predicted octanol–water partition coefficient (Wildman–Crippen LogP) is 2.90. The Bertz CT molecular complexity index is 1110. The number of pyridine rings is 1. The van der Waals surface area contributed by atoms with Crippen LogP contribution in [0.2, 0.25) is 0 Å². The molecule has 2 N–H and O–H groups in total. The van der Waals surface area contributed by atoms with E-state index in [4.69, 9.17) is 4.74 Å². The molecule has 4 rings (SSSR count). The normalized spacial score (nSPS) is 10.6. The van der Waals surface area contributed by atoms with Gasteiger partial charge in [-0.15, -0.1) is 10.2 Å². The van der Waals surface area contributed by atoms with Crippen molar-refractivity contribution in [1.29, 1.82) is 0 Å². The van der Waals surface area contributed by atoms with Gasteiger partial charge in [-0.05, 0) is 47.7 Å². The van der Waals surface area contributed by atoms with Crippen LogP contribution in [0.1, 0.15) is 5.56 Å². The summed E-state index contributed by atoms with van der Waals surface area (Å²) < 4.78 is 5.54. The highest BCUT2D eigenvalue weighted by atomic mass is 16.5. The van der Waals surface area contributed by atoms with Crippen LogP contribution >= 0.6 is 0 Å². The Morgan fingerprint density at radius 2 is 1.86 bits per heavy atom. The third kappa shape index (κ3) is 3.48. The summed E-state index contributed by atoms with van der Waals surface area (Å²) in [7, 11) is 1.63. The Balaban J connectivity index is 1.76. The number of ether oxygens (including phenoxy) is 1. The second kappa shape index (κ2) is 7.75. The van der Waals surface area contributed by atoms with Crippen LogP contribution in [0, 0.1) is 0 Å². The van der Waals surface area contributed by atoms with Gasteiger partial charge in [-0.25, -0.2) is 0 Å². The molecule has 4 aromatic rings. The van der Waals surface area contributed by atoms with E-state index in [9.17, 15) is 4.79 Å². The second-order valence-corrected chi connectivity index (χ2v) is 6.06. The van der Waals surface area contributed by atoms with Gasteiger partial charge in [0.2, 0.25) is 5.82 Å². The Labute approximate surface area is 160 Å². The van der Waals surface area contributed by atoms with E-state index in [1.807, 2.05) is 65.6 Å². The number of nitrogens with zero attached hydrogens (tertiary/aromatic N) is 4. The molecule has 8 heteroatoms. The Kier molecular flexibility index (Phi) is 4.83. The molecular formula is C20H18N6O2. The average molecular weight is 374 g/mol. The van der Waals surface area contributed by atoms with Gasteiger partial charge < -0.3 is 14.6 Å². The predicted molar refractivity (Wildman–Crippen MR) is 106 cm³/mol. The third-order valence-electron chi connectivity index (χ3n) is 4.39. The van der Waals surface area contributed by atoms with Crippen molar-refractivity contribution in [2.75, 3.05) is 12.0 Å². The van der Waals surface area contributed by atoms with Crippen LogP contribution in [0.3, 0.4) is 0 Å². The second-order valence-electron chi connectivity index (χ2n) is 6.06. The third-order valence-corrected chi connectivity index (χ3v) is 4.39. The maximum absolute atomic E-state index is 12.2. The summed E-state index contributed by atoms with van der Waals surface area (Å²) in [5.41, 5.74) is 3.14. The number of nitrogens with one attached hydrogen (secondary N) is 2. The van der Waals surface area contributed by atoms with Crippen molar-refractivity contribution >= 4 is 11.4 Å². The zero-order chi connectivity index (χ0) is 19.3. The van der Waals surface area contributed by atoms with Crippen LogP contribution in [0.25, 0.3) is 11.4 Å². The molecule has 2 heterocycles. The van der Waals surface area contributed by atoms with Crippen molar-refractivity contribution in [3.05, 3.63) is 82.8 Å². The van der Waals surface area contributed by atoms with E-state index in [-0.39, 0.29) is 5.56 Å². The first-order valence-electron chi connectivity index (χ1n) is 8.67.